The standard InChI is InChI=1S/C4H11NO.2C2H6/c1-4(2,5)3-6;2*1-2/h6H,3,5H2,1-2H3;2*1-2H3. The first-order valence-electron chi connectivity index (χ1n) is 3.96. The third kappa shape index (κ3) is 44.5. The van der Waals surface area contributed by atoms with Gasteiger partial charge in [0.15, 0.2) is 0 Å². The van der Waals surface area contributed by atoms with E-state index in [2.05, 4.69) is 0 Å². The number of rotatable bonds is 1. The first-order valence-corrected chi connectivity index (χ1v) is 3.96. The summed E-state index contributed by atoms with van der Waals surface area (Å²) < 4.78 is 0. The van der Waals surface area contributed by atoms with Crippen molar-refractivity contribution >= 4 is 0 Å². The molecule has 0 radical (unpaired) electrons. The Kier molecular flexibility index (Phi) is 19.3. The molecular weight excluding hydrogens is 126 g/mol. The molecule has 2 nitrogen and oxygen atoms in total. The van der Waals surface area contributed by atoms with Gasteiger partial charge in [-0.25, -0.2) is 0 Å². The van der Waals surface area contributed by atoms with Crippen LogP contribution in [-0.4, -0.2) is 17.3 Å². The van der Waals surface area contributed by atoms with Crippen molar-refractivity contribution < 1.29 is 5.11 Å². The van der Waals surface area contributed by atoms with Gasteiger partial charge in [0, 0.05) is 5.54 Å². The Balaban J connectivity index is -0.000000105. The molecule has 0 saturated carbocycles. The van der Waals surface area contributed by atoms with E-state index in [9.17, 15) is 0 Å². The molecule has 0 bridgehead atoms. The van der Waals surface area contributed by atoms with E-state index in [1.165, 1.54) is 0 Å². The topological polar surface area (TPSA) is 46.2 Å². The Morgan fingerprint density at radius 1 is 1.10 bits per heavy atom. The summed E-state index contributed by atoms with van der Waals surface area (Å²) in [6, 6.07) is 0. The maximum absolute atomic E-state index is 8.28. The minimum absolute atomic E-state index is 0.0486. The van der Waals surface area contributed by atoms with Crippen LogP contribution >= 0.6 is 0 Å². The van der Waals surface area contributed by atoms with Crippen LogP contribution in [0.3, 0.4) is 0 Å². The van der Waals surface area contributed by atoms with Gasteiger partial charge in [-0.05, 0) is 13.8 Å². The molecule has 0 spiro atoms. The van der Waals surface area contributed by atoms with Gasteiger partial charge in [0.25, 0.3) is 0 Å². The van der Waals surface area contributed by atoms with E-state index >= 15 is 0 Å². The average molecular weight is 149 g/mol. The summed E-state index contributed by atoms with van der Waals surface area (Å²) in [5, 5.41) is 8.28. The van der Waals surface area contributed by atoms with Crippen LogP contribution in [0.5, 0.6) is 0 Å². The van der Waals surface area contributed by atoms with Crippen molar-refractivity contribution in [2.75, 3.05) is 6.61 Å². The SMILES string of the molecule is CC.CC.CC(C)(N)CO. The smallest absolute Gasteiger partial charge is 0.0605 e. The van der Waals surface area contributed by atoms with E-state index < -0.39 is 5.54 Å². The van der Waals surface area contributed by atoms with Crippen LogP contribution in [0.15, 0.2) is 0 Å². The highest BCUT2D eigenvalue weighted by Crippen LogP contribution is 1.89. The van der Waals surface area contributed by atoms with Crippen molar-refractivity contribution in [3.05, 3.63) is 0 Å². The summed E-state index contributed by atoms with van der Waals surface area (Å²) in [5.41, 5.74) is 4.88. The van der Waals surface area contributed by atoms with E-state index in [0.29, 0.717) is 0 Å². The number of hydrogen-bond donors (Lipinski definition) is 2. The molecule has 0 aliphatic rings. The maximum Gasteiger partial charge on any atom is 0.0605 e. The maximum atomic E-state index is 8.28. The molecular formula is C8H23NO. The van der Waals surface area contributed by atoms with E-state index in [0.717, 1.165) is 0 Å². The molecule has 0 aliphatic heterocycles. The van der Waals surface area contributed by atoms with Crippen LogP contribution in [0.4, 0.5) is 0 Å². The molecule has 0 amide bonds. The summed E-state index contributed by atoms with van der Waals surface area (Å²) >= 11 is 0. The monoisotopic (exact) mass is 149 g/mol. The molecule has 0 aliphatic carbocycles. The summed E-state index contributed by atoms with van der Waals surface area (Å²) in [6.45, 7) is 11.6. The zero-order chi connectivity index (χ0) is 9.21. The molecule has 0 aromatic carbocycles. The molecule has 0 fully saturated rings. The van der Waals surface area contributed by atoms with Crippen LogP contribution in [-0.2, 0) is 0 Å². The predicted molar refractivity (Wildman–Crippen MR) is 48.0 cm³/mol. The first kappa shape index (κ1) is 16.5. The molecule has 66 valence electrons. The van der Waals surface area contributed by atoms with E-state index in [-0.39, 0.29) is 6.61 Å². The second-order valence-electron chi connectivity index (χ2n) is 2.15. The number of aliphatic hydroxyl groups excluding tert-OH is 1. The van der Waals surface area contributed by atoms with Crippen LogP contribution < -0.4 is 5.73 Å². The Bertz CT molecular complexity index is 39.0. The van der Waals surface area contributed by atoms with Crippen molar-refractivity contribution in [2.45, 2.75) is 47.1 Å². The lowest BCUT2D eigenvalue weighted by molar-refractivity contribution is 0.221. The van der Waals surface area contributed by atoms with Gasteiger partial charge >= 0.3 is 0 Å². The van der Waals surface area contributed by atoms with Crippen LogP contribution in [0.1, 0.15) is 41.5 Å². The fourth-order valence-electron chi connectivity index (χ4n) is 0. The molecule has 10 heavy (non-hydrogen) atoms. The van der Waals surface area contributed by atoms with Gasteiger partial charge in [-0.3, -0.25) is 0 Å². The molecule has 3 N–H and O–H groups in total. The molecule has 0 rings (SSSR count). The lowest BCUT2D eigenvalue weighted by Gasteiger charge is -2.12. The zero-order valence-corrected chi connectivity index (χ0v) is 8.23. The van der Waals surface area contributed by atoms with Crippen LogP contribution in [0.2, 0.25) is 0 Å². The van der Waals surface area contributed by atoms with E-state index in [1.54, 1.807) is 13.8 Å². The largest absolute Gasteiger partial charge is 0.394 e. The molecule has 0 aromatic rings. The third-order valence-corrected chi connectivity index (χ3v) is 0.408. The second kappa shape index (κ2) is 11.7. The van der Waals surface area contributed by atoms with Gasteiger partial charge in [0.05, 0.1) is 6.61 Å². The average Bonchev–Trinajstić information content (AvgIpc) is 1.95. The number of nitrogens with two attached hydrogens (primary N) is 1. The van der Waals surface area contributed by atoms with E-state index in [1.807, 2.05) is 27.7 Å². The van der Waals surface area contributed by atoms with Crippen molar-refractivity contribution in [1.29, 1.82) is 0 Å². The molecule has 0 unspecified atom stereocenters. The molecule has 0 atom stereocenters. The number of hydrogen-bond acceptors (Lipinski definition) is 2. The molecule has 2 heteroatoms. The molecule has 0 heterocycles. The summed E-state index contributed by atoms with van der Waals surface area (Å²) in [5.74, 6) is 0. The minimum atomic E-state index is -0.403. The number of aliphatic hydroxyl groups is 1. The molecule has 0 saturated heterocycles. The van der Waals surface area contributed by atoms with Crippen molar-refractivity contribution in [3.63, 3.8) is 0 Å². The Hall–Kier alpha value is -0.0800. The third-order valence-electron chi connectivity index (χ3n) is 0.408. The highest BCUT2D eigenvalue weighted by atomic mass is 16.3. The van der Waals surface area contributed by atoms with Gasteiger partial charge in [0.2, 0.25) is 0 Å². The van der Waals surface area contributed by atoms with Gasteiger partial charge in [-0.2, -0.15) is 0 Å². The lowest BCUT2D eigenvalue weighted by Crippen LogP contribution is -2.35. The summed E-state index contributed by atoms with van der Waals surface area (Å²) in [4.78, 5) is 0. The Labute approximate surface area is 65.4 Å². The Morgan fingerprint density at radius 3 is 1.20 bits per heavy atom. The highest BCUT2D eigenvalue weighted by molar-refractivity contribution is 4.67. The van der Waals surface area contributed by atoms with Crippen molar-refractivity contribution in [1.82, 2.24) is 0 Å². The predicted octanol–water partition coefficient (Wildman–Crippen LogP) is 1.77. The highest BCUT2D eigenvalue weighted by Gasteiger charge is 2.05. The second-order valence-corrected chi connectivity index (χ2v) is 2.15. The normalized spacial score (nSPS) is 8.40. The first-order chi connectivity index (χ1) is 4.56. The quantitative estimate of drug-likeness (QED) is 0.597. The lowest BCUT2D eigenvalue weighted by atomic mass is 10.1. The van der Waals surface area contributed by atoms with Crippen LogP contribution in [0.25, 0.3) is 0 Å². The zero-order valence-electron chi connectivity index (χ0n) is 8.23. The minimum Gasteiger partial charge on any atom is -0.394 e. The van der Waals surface area contributed by atoms with Gasteiger partial charge in [-0.1, -0.05) is 27.7 Å². The fraction of sp³-hybridized carbons (Fsp3) is 1.00. The molecule has 0 aromatic heterocycles. The van der Waals surface area contributed by atoms with E-state index in [4.69, 9.17) is 10.8 Å². The van der Waals surface area contributed by atoms with Gasteiger partial charge < -0.3 is 10.8 Å². The summed E-state index contributed by atoms with van der Waals surface area (Å²) in [6.07, 6.45) is 0. The Morgan fingerprint density at radius 2 is 1.20 bits per heavy atom. The van der Waals surface area contributed by atoms with Crippen molar-refractivity contribution in [2.24, 2.45) is 5.73 Å². The van der Waals surface area contributed by atoms with Gasteiger partial charge in [-0.15, -0.1) is 0 Å². The van der Waals surface area contributed by atoms with Gasteiger partial charge in [0.1, 0.15) is 0 Å². The summed E-state index contributed by atoms with van der Waals surface area (Å²) in [7, 11) is 0. The van der Waals surface area contributed by atoms with Crippen molar-refractivity contribution in [3.8, 4) is 0 Å². The van der Waals surface area contributed by atoms with Crippen LogP contribution in [0, 0.1) is 0 Å². The fourth-order valence-corrected chi connectivity index (χ4v) is 0.